The summed E-state index contributed by atoms with van der Waals surface area (Å²) in [5, 5.41) is 13.7. The van der Waals surface area contributed by atoms with Crippen molar-refractivity contribution < 1.29 is 19.4 Å². The molecule has 2 N–H and O–H groups in total. The molecule has 5 nitrogen and oxygen atoms in total. The summed E-state index contributed by atoms with van der Waals surface area (Å²) in [6.45, 7) is 0. The lowest BCUT2D eigenvalue weighted by atomic mass is 9.84. The highest BCUT2D eigenvalue weighted by Gasteiger charge is 2.48. The van der Waals surface area contributed by atoms with Gasteiger partial charge in [-0.15, -0.1) is 0 Å². The molecule has 2 aliphatic rings. The van der Waals surface area contributed by atoms with Gasteiger partial charge in [-0.1, -0.05) is 18.2 Å². The first-order valence-corrected chi connectivity index (χ1v) is 7.87. The van der Waals surface area contributed by atoms with Gasteiger partial charge in [-0.25, -0.2) is 0 Å². The van der Waals surface area contributed by atoms with E-state index in [9.17, 15) is 14.7 Å². The third kappa shape index (κ3) is 2.05. The molecule has 1 amide bonds. The maximum atomic E-state index is 12.7. The number of fused-ring (bicyclic) bond motifs is 2. The van der Waals surface area contributed by atoms with Crippen LogP contribution in [0.4, 0.5) is 5.69 Å². The van der Waals surface area contributed by atoms with Gasteiger partial charge in [-0.05, 0) is 42.7 Å². The number of anilines is 1. The number of ether oxygens (including phenoxy) is 1. The number of carbonyl (C=O) groups excluding carboxylic acids is 2. The van der Waals surface area contributed by atoms with Gasteiger partial charge in [-0.3, -0.25) is 9.59 Å². The van der Waals surface area contributed by atoms with Gasteiger partial charge in [0.1, 0.15) is 5.75 Å². The van der Waals surface area contributed by atoms with Crippen molar-refractivity contribution in [1.29, 1.82) is 0 Å². The molecule has 1 aliphatic heterocycles. The summed E-state index contributed by atoms with van der Waals surface area (Å²) in [7, 11) is 1.58. The van der Waals surface area contributed by atoms with Crippen molar-refractivity contribution >= 4 is 17.4 Å². The fraction of sp³-hybridized carbons (Fsp3) is 0.263. The third-order valence-electron chi connectivity index (χ3n) is 4.95. The number of amides is 1. The van der Waals surface area contributed by atoms with Crippen molar-refractivity contribution in [3.63, 3.8) is 0 Å². The second-order valence-corrected chi connectivity index (χ2v) is 6.35. The molecule has 122 valence electrons. The third-order valence-corrected chi connectivity index (χ3v) is 4.95. The van der Waals surface area contributed by atoms with E-state index in [-0.39, 0.29) is 12.2 Å². The highest BCUT2D eigenvalue weighted by atomic mass is 16.5. The van der Waals surface area contributed by atoms with Crippen LogP contribution in [0.25, 0.3) is 0 Å². The number of Topliss-reactive ketones (excluding diaryl/α,β-unsaturated/α-hetero) is 1. The van der Waals surface area contributed by atoms with Crippen molar-refractivity contribution in [1.82, 2.24) is 0 Å². The smallest absolute Gasteiger partial charge is 0.261 e. The standard InChI is InChI=1S/C19H17NO4/c1-24-13-6-7-14-11(9-13)8-12(17(14)21)10-19(23)15-4-2-3-5-16(15)20-18(19)22/h2-7,9,12,23H,8,10H2,1H3,(H,20,22). The highest BCUT2D eigenvalue weighted by molar-refractivity contribution is 6.06. The summed E-state index contributed by atoms with van der Waals surface area (Å²) in [5.74, 6) is -0.220. The Balaban J connectivity index is 1.65. The monoisotopic (exact) mass is 323 g/mol. The van der Waals surface area contributed by atoms with Crippen LogP contribution in [-0.4, -0.2) is 23.9 Å². The summed E-state index contributed by atoms with van der Waals surface area (Å²) in [6.07, 6.45) is 0.578. The Morgan fingerprint density at radius 2 is 2.04 bits per heavy atom. The van der Waals surface area contributed by atoms with Gasteiger partial charge in [-0.2, -0.15) is 0 Å². The number of para-hydroxylation sites is 1. The summed E-state index contributed by atoms with van der Waals surface area (Å²) in [4.78, 5) is 25.0. The molecule has 0 aromatic heterocycles. The fourth-order valence-corrected chi connectivity index (χ4v) is 3.71. The van der Waals surface area contributed by atoms with Crippen LogP contribution in [0.1, 0.15) is 27.9 Å². The molecule has 0 fully saturated rings. The molecule has 24 heavy (non-hydrogen) atoms. The second-order valence-electron chi connectivity index (χ2n) is 6.35. The van der Waals surface area contributed by atoms with Crippen LogP contribution in [0, 0.1) is 5.92 Å². The second kappa shape index (κ2) is 5.18. The number of nitrogens with one attached hydrogen (secondary N) is 1. The van der Waals surface area contributed by atoms with Crippen LogP contribution >= 0.6 is 0 Å². The predicted molar refractivity (Wildman–Crippen MR) is 88.1 cm³/mol. The van der Waals surface area contributed by atoms with Crippen LogP contribution in [0.5, 0.6) is 5.75 Å². The van der Waals surface area contributed by atoms with E-state index in [1.165, 1.54) is 0 Å². The normalized spacial score (nSPS) is 24.5. The maximum absolute atomic E-state index is 12.7. The van der Waals surface area contributed by atoms with E-state index < -0.39 is 17.4 Å². The number of benzene rings is 2. The van der Waals surface area contributed by atoms with E-state index in [4.69, 9.17) is 4.74 Å². The molecule has 4 rings (SSSR count). The summed E-state index contributed by atoms with van der Waals surface area (Å²) in [5.41, 5.74) is 1.03. The molecular formula is C19H17NO4. The molecule has 2 aromatic rings. The first kappa shape index (κ1) is 14.9. The van der Waals surface area contributed by atoms with Gasteiger partial charge in [0.15, 0.2) is 11.4 Å². The minimum Gasteiger partial charge on any atom is -0.497 e. The Morgan fingerprint density at radius 3 is 2.83 bits per heavy atom. The van der Waals surface area contributed by atoms with E-state index in [0.29, 0.717) is 29.0 Å². The first-order chi connectivity index (χ1) is 11.5. The minimum atomic E-state index is -1.66. The van der Waals surface area contributed by atoms with Crippen molar-refractivity contribution in [2.75, 3.05) is 12.4 Å². The molecule has 1 heterocycles. The molecule has 2 aromatic carbocycles. The van der Waals surface area contributed by atoms with Crippen molar-refractivity contribution in [3.8, 4) is 5.75 Å². The van der Waals surface area contributed by atoms with Crippen LogP contribution in [0.15, 0.2) is 42.5 Å². The van der Waals surface area contributed by atoms with E-state index in [2.05, 4.69) is 5.32 Å². The van der Waals surface area contributed by atoms with Crippen LogP contribution in [0.2, 0.25) is 0 Å². The van der Waals surface area contributed by atoms with Gasteiger partial charge < -0.3 is 15.2 Å². The molecule has 0 spiro atoms. The van der Waals surface area contributed by atoms with Gasteiger partial charge in [0, 0.05) is 22.7 Å². The van der Waals surface area contributed by atoms with E-state index in [1.54, 1.807) is 43.5 Å². The van der Waals surface area contributed by atoms with Gasteiger partial charge in [0.25, 0.3) is 5.91 Å². The zero-order chi connectivity index (χ0) is 16.9. The summed E-state index contributed by atoms with van der Waals surface area (Å²) in [6, 6.07) is 12.4. The highest BCUT2D eigenvalue weighted by Crippen LogP contribution is 2.43. The van der Waals surface area contributed by atoms with Crippen LogP contribution in [-0.2, 0) is 16.8 Å². The number of ketones is 1. The molecule has 0 radical (unpaired) electrons. The average Bonchev–Trinajstić information content (AvgIpc) is 3.02. The van der Waals surface area contributed by atoms with Gasteiger partial charge >= 0.3 is 0 Å². The Labute approximate surface area is 139 Å². The zero-order valence-electron chi connectivity index (χ0n) is 13.2. The Bertz CT molecular complexity index is 860. The van der Waals surface area contributed by atoms with E-state index in [1.807, 2.05) is 6.07 Å². The molecule has 2 atom stereocenters. The Hall–Kier alpha value is -2.66. The van der Waals surface area contributed by atoms with Crippen LogP contribution in [0.3, 0.4) is 0 Å². The van der Waals surface area contributed by atoms with Crippen LogP contribution < -0.4 is 10.1 Å². The minimum absolute atomic E-state index is 0.0294. The number of hydrogen-bond acceptors (Lipinski definition) is 4. The number of carbonyl (C=O) groups is 2. The molecular weight excluding hydrogens is 306 g/mol. The molecule has 0 bridgehead atoms. The Kier molecular flexibility index (Phi) is 3.21. The van der Waals surface area contributed by atoms with Crippen molar-refractivity contribution in [3.05, 3.63) is 59.2 Å². The lowest BCUT2D eigenvalue weighted by Gasteiger charge is -2.23. The SMILES string of the molecule is COc1ccc2c(c1)CC(CC1(O)C(=O)Nc3ccccc31)C2=O. The zero-order valence-corrected chi connectivity index (χ0v) is 13.2. The van der Waals surface area contributed by atoms with E-state index in [0.717, 1.165) is 5.56 Å². The Morgan fingerprint density at radius 1 is 1.25 bits per heavy atom. The van der Waals surface area contributed by atoms with E-state index >= 15 is 0 Å². The number of aliphatic hydroxyl groups is 1. The van der Waals surface area contributed by atoms with Crippen molar-refractivity contribution in [2.24, 2.45) is 5.92 Å². The molecule has 0 saturated carbocycles. The molecule has 5 heteroatoms. The average molecular weight is 323 g/mol. The van der Waals surface area contributed by atoms with Crippen molar-refractivity contribution in [2.45, 2.75) is 18.4 Å². The molecule has 0 saturated heterocycles. The first-order valence-electron chi connectivity index (χ1n) is 7.87. The fourth-order valence-electron chi connectivity index (χ4n) is 3.71. The lowest BCUT2D eigenvalue weighted by Crippen LogP contribution is -2.37. The topological polar surface area (TPSA) is 75.6 Å². The quantitative estimate of drug-likeness (QED) is 0.908. The number of rotatable bonds is 3. The van der Waals surface area contributed by atoms with Gasteiger partial charge in [0.2, 0.25) is 0 Å². The predicted octanol–water partition coefficient (Wildman–Crippen LogP) is 2.28. The number of hydrogen-bond donors (Lipinski definition) is 2. The van der Waals surface area contributed by atoms with Gasteiger partial charge in [0.05, 0.1) is 7.11 Å². The molecule has 2 unspecified atom stereocenters. The maximum Gasteiger partial charge on any atom is 0.261 e. The number of methoxy groups -OCH3 is 1. The largest absolute Gasteiger partial charge is 0.497 e. The lowest BCUT2D eigenvalue weighted by molar-refractivity contribution is -0.135. The molecule has 1 aliphatic carbocycles. The summed E-state index contributed by atoms with van der Waals surface area (Å²) >= 11 is 0. The summed E-state index contributed by atoms with van der Waals surface area (Å²) < 4.78 is 5.20.